The Kier molecular flexibility index (Phi) is 6.70. The summed E-state index contributed by atoms with van der Waals surface area (Å²) in [6.45, 7) is 4.28. The summed E-state index contributed by atoms with van der Waals surface area (Å²) in [5.74, 6) is 0.482. The van der Waals surface area contributed by atoms with Gasteiger partial charge in [-0.1, -0.05) is 19.9 Å². The van der Waals surface area contributed by atoms with Crippen molar-refractivity contribution in [2.75, 3.05) is 11.9 Å². The molecule has 21 heavy (non-hydrogen) atoms. The van der Waals surface area contributed by atoms with Crippen LogP contribution >= 0.6 is 0 Å². The van der Waals surface area contributed by atoms with Crippen LogP contribution in [0, 0.1) is 11.3 Å². The molecule has 0 unspecified atom stereocenters. The molecule has 0 atom stereocenters. The summed E-state index contributed by atoms with van der Waals surface area (Å²) in [5.41, 5.74) is 5.88. The van der Waals surface area contributed by atoms with Crippen LogP contribution in [-0.2, 0) is 4.79 Å². The lowest BCUT2D eigenvalue weighted by atomic mass is 9.93. The fourth-order valence-corrected chi connectivity index (χ4v) is 1.83. The fraction of sp³-hybridized carbons (Fsp3) is 0.500. The van der Waals surface area contributed by atoms with Crippen molar-refractivity contribution in [3.8, 4) is 11.8 Å². The van der Waals surface area contributed by atoms with Gasteiger partial charge in [-0.15, -0.1) is 0 Å². The number of nitriles is 1. The van der Waals surface area contributed by atoms with E-state index in [1.807, 2.05) is 26.0 Å². The Hall–Kier alpha value is -2.06. The molecule has 0 aromatic heterocycles. The standard InChI is InChI=1S/C16H23N3O2/c1-3-16(18,4-2)15(20)19-13-8-7-9-14(12-13)21-11-6-5-10-17/h7-9,12H,3-6,11,18H2,1-2H3,(H,19,20). The van der Waals surface area contributed by atoms with Crippen LogP contribution in [0.2, 0.25) is 0 Å². The molecule has 1 rings (SSSR count). The SMILES string of the molecule is CCC(N)(CC)C(=O)Nc1cccc(OCCCC#N)c1. The summed E-state index contributed by atoms with van der Waals surface area (Å²) in [6, 6.07) is 9.26. The number of amides is 1. The van der Waals surface area contributed by atoms with Gasteiger partial charge in [-0.2, -0.15) is 5.26 Å². The highest BCUT2D eigenvalue weighted by atomic mass is 16.5. The van der Waals surface area contributed by atoms with E-state index in [-0.39, 0.29) is 5.91 Å². The molecule has 0 aliphatic heterocycles. The molecule has 5 heteroatoms. The van der Waals surface area contributed by atoms with Gasteiger partial charge in [0.15, 0.2) is 0 Å². The van der Waals surface area contributed by atoms with E-state index in [1.54, 1.807) is 12.1 Å². The normalized spacial score (nSPS) is 10.8. The third-order valence-electron chi connectivity index (χ3n) is 3.51. The molecule has 0 saturated heterocycles. The second-order valence-electron chi connectivity index (χ2n) is 4.96. The number of hydrogen-bond donors (Lipinski definition) is 2. The number of unbranched alkanes of at least 4 members (excludes halogenated alkanes) is 1. The average molecular weight is 289 g/mol. The van der Waals surface area contributed by atoms with Gasteiger partial charge in [0.1, 0.15) is 5.75 Å². The van der Waals surface area contributed by atoms with Crippen molar-refractivity contribution in [3.05, 3.63) is 24.3 Å². The lowest BCUT2D eigenvalue weighted by Gasteiger charge is -2.25. The Morgan fingerprint density at radius 2 is 2.14 bits per heavy atom. The van der Waals surface area contributed by atoms with Gasteiger partial charge < -0.3 is 15.8 Å². The summed E-state index contributed by atoms with van der Waals surface area (Å²) in [7, 11) is 0. The number of nitrogens with one attached hydrogen (secondary N) is 1. The van der Waals surface area contributed by atoms with Crippen LogP contribution < -0.4 is 15.8 Å². The van der Waals surface area contributed by atoms with E-state index in [1.165, 1.54) is 0 Å². The highest BCUT2D eigenvalue weighted by molar-refractivity contribution is 5.98. The monoisotopic (exact) mass is 289 g/mol. The van der Waals surface area contributed by atoms with Crippen molar-refractivity contribution in [1.82, 2.24) is 0 Å². The first kappa shape index (κ1) is 17.0. The Morgan fingerprint density at radius 1 is 1.43 bits per heavy atom. The summed E-state index contributed by atoms with van der Waals surface area (Å²) in [6.07, 6.45) is 2.32. The van der Waals surface area contributed by atoms with E-state index in [0.29, 0.717) is 43.7 Å². The van der Waals surface area contributed by atoms with Crippen LogP contribution in [0.3, 0.4) is 0 Å². The number of ether oxygens (including phenoxy) is 1. The molecule has 0 bridgehead atoms. The van der Waals surface area contributed by atoms with E-state index in [4.69, 9.17) is 15.7 Å². The summed E-state index contributed by atoms with van der Waals surface area (Å²) >= 11 is 0. The number of rotatable bonds is 8. The molecule has 0 spiro atoms. The summed E-state index contributed by atoms with van der Waals surface area (Å²) in [4.78, 5) is 12.2. The first-order valence-corrected chi connectivity index (χ1v) is 7.26. The number of benzene rings is 1. The van der Waals surface area contributed by atoms with Crippen LogP contribution in [0.15, 0.2) is 24.3 Å². The van der Waals surface area contributed by atoms with Gasteiger partial charge in [0.2, 0.25) is 5.91 Å². The number of carbonyl (C=O) groups excluding carboxylic acids is 1. The molecule has 0 saturated carbocycles. The Labute approximate surface area is 126 Å². The van der Waals surface area contributed by atoms with Crippen LogP contribution in [0.4, 0.5) is 5.69 Å². The highest BCUT2D eigenvalue weighted by Gasteiger charge is 2.29. The van der Waals surface area contributed by atoms with E-state index in [0.717, 1.165) is 0 Å². The van der Waals surface area contributed by atoms with Gasteiger partial charge in [0.05, 0.1) is 18.2 Å². The first-order chi connectivity index (χ1) is 10.1. The Morgan fingerprint density at radius 3 is 2.76 bits per heavy atom. The number of nitrogens with two attached hydrogens (primary N) is 1. The molecular weight excluding hydrogens is 266 g/mol. The topological polar surface area (TPSA) is 88.1 Å². The predicted molar refractivity (Wildman–Crippen MR) is 82.9 cm³/mol. The molecular formula is C16H23N3O2. The molecule has 0 aliphatic rings. The van der Waals surface area contributed by atoms with Gasteiger partial charge in [-0.25, -0.2) is 0 Å². The second kappa shape index (κ2) is 8.28. The largest absolute Gasteiger partial charge is 0.493 e. The maximum atomic E-state index is 12.2. The third-order valence-corrected chi connectivity index (χ3v) is 3.51. The predicted octanol–water partition coefficient (Wildman–Crippen LogP) is 2.83. The molecule has 0 radical (unpaired) electrons. The van der Waals surface area contributed by atoms with Gasteiger partial charge >= 0.3 is 0 Å². The summed E-state index contributed by atoms with van der Waals surface area (Å²) in [5, 5.41) is 11.3. The van der Waals surface area contributed by atoms with Gasteiger partial charge in [-0.3, -0.25) is 4.79 Å². The quantitative estimate of drug-likeness (QED) is 0.720. The van der Waals surface area contributed by atoms with Crippen molar-refractivity contribution in [1.29, 1.82) is 5.26 Å². The van der Waals surface area contributed by atoms with E-state index >= 15 is 0 Å². The van der Waals surface area contributed by atoms with Crippen LogP contribution in [-0.4, -0.2) is 18.1 Å². The smallest absolute Gasteiger partial charge is 0.244 e. The number of anilines is 1. The highest BCUT2D eigenvalue weighted by Crippen LogP contribution is 2.20. The molecule has 3 N–H and O–H groups in total. The van der Waals surface area contributed by atoms with Crippen molar-refractivity contribution >= 4 is 11.6 Å². The van der Waals surface area contributed by atoms with Crippen molar-refractivity contribution in [2.45, 2.75) is 45.1 Å². The van der Waals surface area contributed by atoms with E-state index in [2.05, 4.69) is 11.4 Å². The van der Waals surface area contributed by atoms with Crippen LogP contribution in [0.25, 0.3) is 0 Å². The molecule has 0 heterocycles. The van der Waals surface area contributed by atoms with Crippen LogP contribution in [0.1, 0.15) is 39.5 Å². The van der Waals surface area contributed by atoms with Crippen molar-refractivity contribution in [3.63, 3.8) is 0 Å². The molecule has 0 fully saturated rings. The lowest BCUT2D eigenvalue weighted by Crippen LogP contribution is -2.50. The fourth-order valence-electron chi connectivity index (χ4n) is 1.83. The molecule has 5 nitrogen and oxygen atoms in total. The number of carbonyl (C=O) groups is 1. The van der Waals surface area contributed by atoms with Crippen molar-refractivity contribution < 1.29 is 9.53 Å². The van der Waals surface area contributed by atoms with E-state index < -0.39 is 5.54 Å². The minimum atomic E-state index is -0.844. The van der Waals surface area contributed by atoms with Gasteiger partial charge in [-0.05, 0) is 31.4 Å². The van der Waals surface area contributed by atoms with Gasteiger partial charge in [0, 0.05) is 18.2 Å². The molecule has 1 aromatic rings. The molecule has 1 amide bonds. The zero-order valence-electron chi connectivity index (χ0n) is 12.7. The van der Waals surface area contributed by atoms with E-state index in [9.17, 15) is 4.79 Å². The average Bonchev–Trinajstić information content (AvgIpc) is 2.51. The minimum absolute atomic E-state index is 0.186. The maximum absolute atomic E-state index is 12.2. The maximum Gasteiger partial charge on any atom is 0.244 e. The second-order valence-corrected chi connectivity index (χ2v) is 4.96. The first-order valence-electron chi connectivity index (χ1n) is 7.26. The summed E-state index contributed by atoms with van der Waals surface area (Å²) < 4.78 is 5.53. The van der Waals surface area contributed by atoms with Gasteiger partial charge in [0.25, 0.3) is 0 Å². The van der Waals surface area contributed by atoms with Crippen molar-refractivity contribution in [2.24, 2.45) is 5.73 Å². The number of nitrogens with zero attached hydrogens (tertiary/aromatic N) is 1. The molecule has 1 aromatic carbocycles. The van der Waals surface area contributed by atoms with Crippen LogP contribution in [0.5, 0.6) is 5.75 Å². The third kappa shape index (κ3) is 5.09. The Balaban J connectivity index is 2.64. The Bertz CT molecular complexity index is 504. The molecule has 0 aliphatic carbocycles. The minimum Gasteiger partial charge on any atom is -0.493 e. The molecule has 114 valence electrons. The zero-order valence-corrected chi connectivity index (χ0v) is 12.7. The number of hydrogen-bond acceptors (Lipinski definition) is 4. The zero-order chi connectivity index (χ0) is 15.7. The lowest BCUT2D eigenvalue weighted by molar-refractivity contribution is -0.121.